The Morgan fingerprint density at radius 2 is 1.70 bits per heavy atom. The molecule has 2 aromatic carbocycles. The van der Waals surface area contributed by atoms with E-state index in [4.69, 9.17) is 0 Å². The number of aryl methyl sites for hydroxylation is 1. The van der Waals surface area contributed by atoms with Crippen LogP contribution in [0, 0.1) is 6.92 Å². The summed E-state index contributed by atoms with van der Waals surface area (Å²) in [5.74, 6) is -0.365. The molecule has 1 fully saturated rings. The van der Waals surface area contributed by atoms with Gasteiger partial charge in [-0.3, -0.25) is 14.6 Å². The fraction of sp³-hybridized carbons (Fsp3) is 0.300. The van der Waals surface area contributed by atoms with Crippen molar-refractivity contribution in [1.82, 2.24) is 29.7 Å². The predicted molar refractivity (Wildman–Crippen MR) is 162 cm³/mol. The molecule has 14 heteroatoms. The summed E-state index contributed by atoms with van der Waals surface area (Å²) in [6.45, 7) is 4.10. The molecule has 1 aliphatic heterocycles. The normalized spacial score (nSPS) is 14.1. The molecule has 0 spiro atoms. The number of hydrogen-bond acceptors (Lipinski definition) is 8. The van der Waals surface area contributed by atoms with Crippen LogP contribution in [0.5, 0.6) is 0 Å². The van der Waals surface area contributed by atoms with E-state index >= 15 is 0 Å². The molecule has 0 atom stereocenters. The van der Waals surface area contributed by atoms with Crippen LogP contribution in [0.25, 0.3) is 11.3 Å². The number of halogens is 5. The third kappa shape index (κ3) is 8.24. The topological polar surface area (TPSA) is 99.2 Å². The number of nitrogens with zero attached hydrogens (tertiary/aromatic N) is 6. The molecule has 232 valence electrons. The van der Waals surface area contributed by atoms with Crippen molar-refractivity contribution in [1.29, 1.82) is 0 Å². The number of amides is 1. The van der Waals surface area contributed by atoms with Gasteiger partial charge in [-0.1, -0.05) is 12.1 Å². The monoisotopic (exact) mass is 630 g/mol. The number of aromatic nitrogens is 4. The van der Waals surface area contributed by atoms with Crippen molar-refractivity contribution in [3.8, 4) is 11.3 Å². The number of rotatable bonds is 9. The molecular weight excluding hydrogens is 600 g/mol. The van der Waals surface area contributed by atoms with Gasteiger partial charge in [0, 0.05) is 80.4 Å². The van der Waals surface area contributed by atoms with Crippen molar-refractivity contribution in [2.24, 2.45) is 0 Å². The number of carbonyl (C=O) groups excluding carboxylic acids is 1. The van der Waals surface area contributed by atoms with E-state index < -0.39 is 24.3 Å². The molecule has 1 saturated heterocycles. The Morgan fingerprint density at radius 3 is 2.41 bits per heavy atom. The van der Waals surface area contributed by atoms with Crippen molar-refractivity contribution < 1.29 is 22.4 Å². The van der Waals surface area contributed by atoms with Crippen LogP contribution in [0.2, 0.25) is 0 Å². The molecule has 2 aromatic heterocycles. The molecule has 9 nitrogen and oxygen atoms in total. The third-order valence-corrected chi connectivity index (χ3v) is 7.19. The van der Waals surface area contributed by atoms with E-state index in [2.05, 4.69) is 30.6 Å². The van der Waals surface area contributed by atoms with E-state index in [9.17, 15) is 22.4 Å². The van der Waals surface area contributed by atoms with Gasteiger partial charge in [-0.25, -0.2) is 24.3 Å². The zero-order valence-corrected chi connectivity index (χ0v) is 24.6. The summed E-state index contributed by atoms with van der Waals surface area (Å²) in [6, 6.07) is 10.5. The maximum Gasteiger partial charge on any atom is 0.416 e. The van der Waals surface area contributed by atoms with Gasteiger partial charge in [0.15, 0.2) is 0 Å². The fourth-order valence-corrected chi connectivity index (χ4v) is 4.82. The molecule has 5 rings (SSSR count). The summed E-state index contributed by atoms with van der Waals surface area (Å²) in [7, 11) is 0. The van der Waals surface area contributed by atoms with Crippen molar-refractivity contribution in [3.63, 3.8) is 0 Å². The van der Waals surface area contributed by atoms with E-state index in [0.29, 0.717) is 61.3 Å². The molecule has 2 N–H and O–H groups in total. The SMILES string of the molecule is Cc1ccc(NC(=O)c2ccc(CN3CCN(CCF)CC3)c(C(F)(F)F)c2)cc1Nc1nccc(-c2cncnc2)n1.Cl. The number of carbonyl (C=O) groups is 1. The summed E-state index contributed by atoms with van der Waals surface area (Å²) in [4.78, 5) is 33.7. The van der Waals surface area contributed by atoms with Gasteiger partial charge in [0.1, 0.15) is 13.0 Å². The number of anilines is 3. The maximum atomic E-state index is 14.0. The minimum absolute atomic E-state index is 0. The minimum atomic E-state index is -4.64. The Bertz CT molecular complexity index is 1570. The maximum absolute atomic E-state index is 14.0. The number of hydrogen-bond donors (Lipinski definition) is 2. The first-order valence-electron chi connectivity index (χ1n) is 13.7. The van der Waals surface area contributed by atoms with Crippen molar-refractivity contribution in [2.45, 2.75) is 19.6 Å². The molecule has 0 aliphatic carbocycles. The summed E-state index contributed by atoms with van der Waals surface area (Å²) in [5, 5.41) is 5.83. The van der Waals surface area contributed by atoms with E-state index in [1.807, 2.05) is 16.7 Å². The van der Waals surface area contributed by atoms with Crippen molar-refractivity contribution in [2.75, 3.05) is 50.0 Å². The number of benzene rings is 2. The van der Waals surface area contributed by atoms with Gasteiger partial charge < -0.3 is 10.6 Å². The first-order valence-corrected chi connectivity index (χ1v) is 13.7. The molecule has 0 saturated carbocycles. The highest BCUT2D eigenvalue weighted by molar-refractivity contribution is 6.04. The molecule has 3 heterocycles. The lowest BCUT2D eigenvalue weighted by Crippen LogP contribution is -2.46. The highest BCUT2D eigenvalue weighted by atomic mass is 35.5. The highest BCUT2D eigenvalue weighted by Gasteiger charge is 2.34. The number of piperazine rings is 1. The van der Waals surface area contributed by atoms with E-state index in [1.165, 1.54) is 18.5 Å². The van der Waals surface area contributed by atoms with Crippen molar-refractivity contribution >= 4 is 35.6 Å². The van der Waals surface area contributed by atoms with Crippen LogP contribution in [0.4, 0.5) is 34.9 Å². The Hall–Kier alpha value is -4.20. The summed E-state index contributed by atoms with van der Waals surface area (Å²) >= 11 is 0. The Morgan fingerprint density at radius 1 is 0.977 bits per heavy atom. The highest BCUT2D eigenvalue weighted by Crippen LogP contribution is 2.34. The fourth-order valence-electron chi connectivity index (χ4n) is 4.82. The lowest BCUT2D eigenvalue weighted by atomic mass is 10.0. The third-order valence-electron chi connectivity index (χ3n) is 7.19. The zero-order valence-electron chi connectivity index (χ0n) is 23.8. The Kier molecular flexibility index (Phi) is 10.8. The second-order valence-electron chi connectivity index (χ2n) is 10.2. The van der Waals surface area contributed by atoms with Gasteiger partial charge in [-0.2, -0.15) is 13.2 Å². The van der Waals surface area contributed by atoms with Crippen LogP contribution in [-0.2, 0) is 12.7 Å². The quantitative estimate of drug-likeness (QED) is 0.225. The van der Waals surface area contributed by atoms with E-state index in [-0.39, 0.29) is 30.1 Å². The summed E-state index contributed by atoms with van der Waals surface area (Å²) < 4.78 is 54.8. The van der Waals surface area contributed by atoms with Crippen LogP contribution in [0.3, 0.4) is 0 Å². The van der Waals surface area contributed by atoms with Gasteiger partial charge in [0.25, 0.3) is 5.91 Å². The second kappa shape index (κ2) is 14.5. The summed E-state index contributed by atoms with van der Waals surface area (Å²) in [6.07, 6.45) is 1.64. The van der Waals surface area contributed by atoms with Crippen LogP contribution in [0.15, 0.2) is 67.4 Å². The standard InChI is InChI=1S/C30H30F4N8O.ClH/c1-20-2-5-24(15-27(20)40-29-37-8-6-26(39-29)23-16-35-19-36-17-23)38-28(43)21-3-4-22(25(14-21)30(32,33)34)18-42-12-10-41(9-7-31)11-13-42;/h2-6,8,14-17,19H,7,9-13,18H2,1H3,(H,38,43)(H,37,39,40);1H. The van der Waals surface area contributed by atoms with Gasteiger partial charge in [-0.15, -0.1) is 12.4 Å². The molecule has 44 heavy (non-hydrogen) atoms. The van der Waals surface area contributed by atoms with Crippen LogP contribution in [0.1, 0.15) is 27.0 Å². The van der Waals surface area contributed by atoms with Gasteiger partial charge >= 0.3 is 6.18 Å². The molecule has 0 radical (unpaired) electrons. The van der Waals surface area contributed by atoms with Gasteiger partial charge in [-0.05, 0) is 48.4 Å². The smallest absolute Gasteiger partial charge is 0.324 e. The lowest BCUT2D eigenvalue weighted by molar-refractivity contribution is -0.138. The average Bonchev–Trinajstić information content (AvgIpc) is 3.00. The molecule has 1 aliphatic rings. The molecule has 4 aromatic rings. The van der Waals surface area contributed by atoms with Crippen LogP contribution < -0.4 is 10.6 Å². The minimum Gasteiger partial charge on any atom is -0.324 e. The van der Waals surface area contributed by atoms with Crippen LogP contribution in [-0.4, -0.2) is 75.0 Å². The lowest BCUT2D eigenvalue weighted by Gasteiger charge is -2.34. The predicted octanol–water partition coefficient (Wildman–Crippen LogP) is 5.77. The number of alkyl halides is 4. The molecule has 0 bridgehead atoms. The number of nitrogens with one attached hydrogen (secondary N) is 2. The van der Waals surface area contributed by atoms with Gasteiger partial charge in [0.2, 0.25) is 5.95 Å². The Labute approximate surface area is 258 Å². The second-order valence-corrected chi connectivity index (χ2v) is 10.2. The average molecular weight is 631 g/mol. The molecular formula is C30H31ClF4N8O. The zero-order chi connectivity index (χ0) is 30.4. The summed E-state index contributed by atoms with van der Waals surface area (Å²) in [5.41, 5.74) is 2.29. The molecule has 0 unspecified atom stereocenters. The Balaban J connectivity index is 0.00000442. The first-order chi connectivity index (χ1) is 20.7. The van der Waals surface area contributed by atoms with E-state index in [1.54, 1.807) is 42.9 Å². The molecule has 1 amide bonds. The largest absolute Gasteiger partial charge is 0.416 e. The van der Waals surface area contributed by atoms with Crippen LogP contribution >= 0.6 is 12.4 Å². The van der Waals surface area contributed by atoms with E-state index in [0.717, 1.165) is 11.6 Å². The van der Waals surface area contributed by atoms with Crippen molar-refractivity contribution in [3.05, 3.63) is 89.6 Å². The first kappa shape index (κ1) is 32.7. The van der Waals surface area contributed by atoms with Gasteiger partial charge in [0.05, 0.1) is 11.3 Å².